The van der Waals surface area contributed by atoms with Crippen molar-refractivity contribution in [3.8, 4) is 5.75 Å². The summed E-state index contributed by atoms with van der Waals surface area (Å²) >= 11 is 1.64. The lowest BCUT2D eigenvalue weighted by Gasteiger charge is -2.23. The minimum Gasteiger partial charge on any atom is -0.493 e. The fraction of sp³-hybridized carbons (Fsp3) is 0.316. The molecule has 0 N–H and O–H groups in total. The van der Waals surface area contributed by atoms with Gasteiger partial charge in [-0.05, 0) is 30.3 Å². The van der Waals surface area contributed by atoms with Crippen LogP contribution < -0.4 is 10.2 Å². The van der Waals surface area contributed by atoms with Crippen molar-refractivity contribution in [2.75, 3.05) is 34.3 Å². The van der Waals surface area contributed by atoms with Gasteiger partial charge in [-0.3, -0.25) is 4.79 Å². The molecule has 0 aliphatic rings. The largest absolute Gasteiger partial charge is 0.493 e. The van der Waals surface area contributed by atoms with E-state index >= 15 is 0 Å². The molecular formula is C19H23ClNO2S+. The van der Waals surface area contributed by atoms with Crippen LogP contribution in [0.4, 0.5) is 0 Å². The molecule has 0 amide bonds. The van der Waals surface area contributed by atoms with Crippen molar-refractivity contribution < 1.29 is 9.22 Å². The smallest absolute Gasteiger partial charge is 0.195 e. The first-order valence-corrected chi connectivity index (χ1v) is 8.64. The average Bonchev–Trinajstić information content (AvgIpc) is 2.51. The Hall–Kier alpha value is -1.62. The van der Waals surface area contributed by atoms with Gasteiger partial charge in [0.05, 0.1) is 34.3 Å². The maximum Gasteiger partial charge on any atom is 0.195 e. The van der Waals surface area contributed by atoms with Crippen molar-refractivity contribution in [2.45, 2.75) is 6.42 Å². The predicted octanol–water partition coefficient (Wildman–Crippen LogP) is 4.31. The van der Waals surface area contributed by atoms with Crippen molar-refractivity contribution in [2.24, 2.45) is 0 Å². The third kappa shape index (κ3) is 4.26. The van der Waals surface area contributed by atoms with Gasteiger partial charge in [0.15, 0.2) is 5.43 Å². The Morgan fingerprint density at radius 3 is 2.46 bits per heavy atom. The van der Waals surface area contributed by atoms with Crippen LogP contribution in [0.1, 0.15) is 6.42 Å². The summed E-state index contributed by atoms with van der Waals surface area (Å²) in [6.45, 7) is 1.77. The first kappa shape index (κ1) is 18.7. The van der Waals surface area contributed by atoms with Crippen LogP contribution in [0.15, 0.2) is 47.3 Å². The Morgan fingerprint density at radius 2 is 1.71 bits per heavy atom. The second kappa shape index (κ2) is 7.51. The Labute approximate surface area is 152 Å². The zero-order chi connectivity index (χ0) is 16.4. The zero-order valence-corrected chi connectivity index (χ0v) is 15.9. The van der Waals surface area contributed by atoms with Gasteiger partial charge in [-0.15, -0.1) is 23.7 Å². The lowest BCUT2D eigenvalue weighted by atomic mass is 10.2. The minimum atomic E-state index is 0. The van der Waals surface area contributed by atoms with E-state index in [0.717, 1.165) is 43.4 Å². The van der Waals surface area contributed by atoms with Gasteiger partial charge in [-0.2, -0.15) is 0 Å². The number of nitrogens with zero attached hydrogens (tertiary/aromatic N) is 1. The maximum absolute atomic E-state index is 12.5. The van der Waals surface area contributed by atoms with E-state index in [9.17, 15) is 4.79 Å². The van der Waals surface area contributed by atoms with Crippen LogP contribution in [0.2, 0.25) is 0 Å². The number of benzene rings is 2. The van der Waals surface area contributed by atoms with E-state index in [4.69, 9.17) is 4.74 Å². The summed E-state index contributed by atoms with van der Waals surface area (Å²) in [5.41, 5.74) is 0.103. The normalized spacial score (nSPS) is 11.5. The molecule has 0 fully saturated rings. The molecule has 0 aliphatic carbocycles. The third-order valence-corrected chi connectivity index (χ3v) is 4.92. The number of quaternary nitrogens is 1. The fourth-order valence-corrected chi connectivity index (χ4v) is 3.70. The standard InChI is InChI=1S/C19H22NO2S.ClH/c1-20(2,3)11-6-12-22-14-9-10-16-18(13-14)23-17-8-5-4-7-15(17)19(16)21;/h4-5,7-10,13H,6,11-12H2,1-3H3;1H/q+1;. The van der Waals surface area contributed by atoms with Crippen LogP contribution in [0.5, 0.6) is 5.75 Å². The van der Waals surface area contributed by atoms with Gasteiger partial charge in [0.2, 0.25) is 0 Å². The first-order valence-electron chi connectivity index (χ1n) is 7.83. The first-order chi connectivity index (χ1) is 10.9. The topological polar surface area (TPSA) is 26.3 Å². The summed E-state index contributed by atoms with van der Waals surface area (Å²) in [5.74, 6) is 0.838. The highest BCUT2D eigenvalue weighted by atomic mass is 35.5. The van der Waals surface area contributed by atoms with E-state index in [2.05, 4.69) is 21.1 Å². The molecule has 0 atom stereocenters. The van der Waals surface area contributed by atoms with E-state index in [1.54, 1.807) is 11.3 Å². The molecule has 1 aromatic heterocycles. The summed E-state index contributed by atoms with van der Waals surface area (Å²) < 4.78 is 8.80. The summed E-state index contributed by atoms with van der Waals surface area (Å²) in [4.78, 5) is 12.5. The van der Waals surface area contributed by atoms with Crippen LogP contribution >= 0.6 is 23.7 Å². The molecule has 5 heteroatoms. The average molecular weight is 365 g/mol. The van der Waals surface area contributed by atoms with Gasteiger partial charge in [0, 0.05) is 26.6 Å². The Balaban J connectivity index is 0.00000208. The molecule has 3 aromatic rings. The van der Waals surface area contributed by atoms with Gasteiger partial charge in [-0.25, -0.2) is 0 Å². The molecule has 0 radical (unpaired) electrons. The van der Waals surface area contributed by atoms with Crippen LogP contribution in [0.3, 0.4) is 0 Å². The highest BCUT2D eigenvalue weighted by molar-refractivity contribution is 7.24. The number of fused-ring (bicyclic) bond motifs is 2. The number of hydrogen-bond donors (Lipinski definition) is 0. The number of hydrogen-bond acceptors (Lipinski definition) is 3. The van der Waals surface area contributed by atoms with Crippen LogP contribution in [0.25, 0.3) is 20.2 Å². The third-order valence-electron chi connectivity index (χ3n) is 3.79. The Kier molecular flexibility index (Phi) is 5.86. The number of ether oxygens (including phenoxy) is 1. The molecule has 128 valence electrons. The molecule has 1 heterocycles. The number of halogens is 1. The van der Waals surface area contributed by atoms with Gasteiger partial charge >= 0.3 is 0 Å². The second-order valence-electron chi connectivity index (χ2n) is 6.80. The summed E-state index contributed by atoms with van der Waals surface area (Å²) in [5, 5.41) is 1.56. The number of rotatable bonds is 5. The van der Waals surface area contributed by atoms with Crippen LogP contribution in [0, 0.1) is 0 Å². The minimum absolute atomic E-state index is 0. The highest BCUT2D eigenvalue weighted by Crippen LogP contribution is 2.27. The van der Waals surface area contributed by atoms with E-state index < -0.39 is 0 Å². The zero-order valence-electron chi connectivity index (χ0n) is 14.2. The summed E-state index contributed by atoms with van der Waals surface area (Å²) in [7, 11) is 6.54. The van der Waals surface area contributed by atoms with Crippen molar-refractivity contribution >= 4 is 43.9 Å². The van der Waals surface area contributed by atoms with Crippen LogP contribution in [-0.2, 0) is 0 Å². The molecule has 3 rings (SSSR count). The molecule has 0 bridgehead atoms. The Bertz CT molecular complexity index is 899. The van der Waals surface area contributed by atoms with E-state index in [1.807, 2.05) is 42.5 Å². The monoisotopic (exact) mass is 364 g/mol. The van der Waals surface area contributed by atoms with Crippen molar-refractivity contribution in [3.63, 3.8) is 0 Å². The Morgan fingerprint density at radius 1 is 1.00 bits per heavy atom. The fourth-order valence-electron chi connectivity index (χ4n) is 2.60. The molecule has 0 saturated carbocycles. The lowest BCUT2D eigenvalue weighted by Crippen LogP contribution is -2.35. The van der Waals surface area contributed by atoms with Gasteiger partial charge in [-0.1, -0.05) is 12.1 Å². The molecule has 0 spiro atoms. The molecule has 0 unspecified atom stereocenters. The highest BCUT2D eigenvalue weighted by Gasteiger charge is 2.08. The molecular weight excluding hydrogens is 342 g/mol. The van der Waals surface area contributed by atoms with Crippen molar-refractivity contribution in [1.29, 1.82) is 0 Å². The lowest BCUT2D eigenvalue weighted by molar-refractivity contribution is -0.870. The summed E-state index contributed by atoms with van der Waals surface area (Å²) in [6.07, 6.45) is 1.01. The van der Waals surface area contributed by atoms with E-state index in [-0.39, 0.29) is 17.8 Å². The van der Waals surface area contributed by atoms with E-state index in [0.29, 0.717) is 6.61 Å². The van der Waals surface area contributed by atoms with Crippen LogP contribution in [-0.4, -0.2) is 38.8 Å². The molecule has 0 saturated heterocycles. The molecule has 3 nitrogen and oxygen atoms in total. The SMILES string of the molecule is C[N+](C)(C)CCCOc1ccc2c(=O)c3ccccc3sc2c1.Cl. The molecule has 0 aliphatic heterocycles. The molecule has 24 heavy (non-hydrogen) atoms. The van der Waals surface area contributed by atoms with E-state index in [1.165, 1.54) is 0 Å². The predicted molar refractivity (Wildman–Crippen MR) is 106 cm³/mol. The second-order valence-corrected chi connectivity index (χ2v) is 7.89. The maximum atomic E-state index is 12.5. The quantitative estimate of drug-likeness (QED) is 0.383. The van der Waals surface area contributed by atoms with Gasteiger partial charge < -0.3 is 9.22 Å². The van der Waals surface area contributed by atoms with Gasteiger partial charge in [0.1, 0.15) is 5.75 Å². The van der Waals surface area contributed by atoms with Gasteiger partial charge in [0.25, 0.3) is 0 Å². The summed E-state index contributed by atoms with van der Waals surface area (Å²) in [6, 6.07) is 13.5. The van der Waals surface area contributed by atoms with Crippen molar-refractivity contribution in [1.82, 2.24) is 0 Å². The molecule has 2 aromatic carbocycles. The van der Waals surface area contributed by atoms with Crippen molar-refractivity contribution in [3.05, 3.63) is 52.7 Å².